The highest BCUT2D eigenvalue weighted by Gasteiger charge is 2.11. The van der Waals surface area contributed by atoms with Gasteiger partial charge in [0.25, 0.3) is 5.91 Å². The van der Waals surface area contributed by atoms with Crippen LogP contribution in [-0.4, -0.2) is 17.5 Å². The number of anilines is 1. The largest absolute Gasteiger partial charge is 0.488 e. The van der Waals surface area contributed by atoms with E-state index < -0.39 is 5.91 Å². The van der Waals surface area contributed by atoms with Gasteiger partial charge in [0.1, 0.15) is 5.82 Å². The summed E-state index contributed by atoms with van der Waals surface area (Å²) in [5.41, 5.74) is 1.92. The molecule has 0 saturated carbocycles. The number of amides is 1. The van der Waals surface area contributed by atoms with Gasteiger partial charge in [0, 0.05) is 17.1 Å². The van der Waals surface area contributed by atoms with Crippen molar-refractivity contribution in [3.05, 3.63) is 100 Å². The first-order valence-corrected chi connectivity index (χ1v) is 11.0. The lowest BCUT2D eigenvalue weighted by Crippen LogP contribution is -2.17. The summed E-state index contributed by atoms with van der Waals surface area (Å²) in [6.45, 7) is 4.08. The summed E-state index contributed by atoms with van der Waals surface area (Å²) in [6.07, 6.45) is 0.697. The van der Waals surface area contributed by atoms with E-state index >= 15 is 0 Å². The molecule has 2 aromatic carbocycles. The fourth-order valence-electron chi connectivity index (χ4n) is 2.58. The van der Waals surface area contributed by atoms with E-state index in [1.165, 1.54) is 11.8 Å². The Morgan fingerprint density at radius 2 is 1.70 bits per heavy atom. The highest BCUT2D eigenvalue weighted by Crippen LogP contribution is 2.35. The number of benzene rings is 2. The van der Waals surface area contributed by atoms with E-state index in [4.69, 9.17) is 27.9 Å². The Balaban J connectivity index is 1.51. The third-order valence-corrected chi connectivity index (χ3v) is 6.12. The van der Waals surface area contributed by atoms with Crippen LogP contribution in [0, 0.1) is 0 Å². The van der Waals surface area contributed by atoms with Gasteiger partial charge in [-0.1, -0.05) is 72.2 Å². The zero-order valence-corrected chi connectivity index (χ0v) is 18.4. The maximum absolute atomic E-state index is 12.3. The van der Waals surface area contributed by atoms with Crippen LogP contribution in [0.4, 0.5) is 5.82 Å². The summed E-state index contributed by atoms with van der Waals surface area (Å²) in [5, 5.41) is 3.91. The fourth-order valence-corrected chi connectivity index (χ4v) is 4.17. The molecular formula is C23H20Cl2N2O2S. The van der Waals surface area contributed by atoms with Gasteiger partial charge in [-0.2, -0.15) is 0 Å². The van der Waals surface area contributed by atoms with Gasteiger partial charge in [-0.25, -0.2) is 4.98 Å². The molecule has 0 aliphatic rings. The Morgan fingerprint density at radius 1 is 1.00 bits per heavy atom. The van der Waals surface area contributed by atoms with Crippen LogP contribution in [0.25, 0.3) is 0 Å². The van der Waals surface area contributed by atoms with Crippen molar-refractivity contribution in [1.82, 2.24) is 4.98 Å². The topological polar surface area (TPSA) is 51.2 Å². The molecule has 154 valence electrons. The molecule has 7 heteroatoms. The number of rotatable bonds is 9. The van der Waals surface area contributed by atoms with E-state index in [0.29, 0.717) is 34.6 Å². The number of hydrogen-bond acceptors (Lipinski definition) is 4. The first-order valence-electron chi connectivity index (χ1n) is 9.22. The van der Waals surface area contributed by atoms with Crippen LogP contribution < -0.4 is 5.32 Å². The SMILES string of the molecule is C=C(OCCc1ccccc1)C(=O)Nc1cccc(CSc2c(Cl)cccc2Cl)n1. The average Bonchev–Trinajstić information content (AvgIpc) is 2.74. The van der Waals surface area contributed by atoms with Gasteiger partial charge < -0.3 is 10.1 Å². The number of nitrogens with one attached hydrogen (secondary N) is 1. The second-order valence-electron chi connectivity index (χ2n) is 6.31. The molecule has 0 spiro atoms. The quantitative estimate of drug-likeness (QED) is 0.229. The zero-order valence-electron chi connectivity index (χ0n) is 16.1. The minimum absolute atomic E-state index is 0.0513. The van der Waals surface area contributed by atoms with E-state index in [2.05, 4.69) is 16.9 Å². The predicted octanol–water partition coefficient (Wildman–Crippen LogP) is 6.39. The maximum atomic E-state index is 12.3. The van der Waals surface area contributed by atoms with Crippen LogP contribution in [0.2, 0.25) is 10.0 Å². The molecular weight excluding hydrogens is 439 g/mol. The molecule has 0 atom stereocenters. The molecule has 1 heterocycles. The van der Waals surface area contributed by atoms with Crippen molar-refractivity contribution >= 4 is 46.7 Å². The lowest BCUT2D eigenvalue weighted by molar-refractivity contribution is -0.116. The lowest BCUT2D eigenvalue weighted by atomic mass is 10.2. The Hall–Kier alpha value is -2.47. The third kappa shape index (κ3) is 6.52. The molecule has 4 nitrogen and oxygen atoms in total. The van der Waals surface area contributed by atoms with Crippen molar-refractivity contribution in [2.24, 2.45) is 0 Å². The summed E-state index contributed by atoms with van der Waals surface area (Å²) in [7, 11) is 0. The zero-order chi connectivity index (χ0) is 21.3. The van der Waals surface area contributed by atoms with E-state index in [0.717, 1.165) is 16.2 Å². The molecule has 1 aromatic heterocycles. The van der Waals surface area contributed by atoms with Crippen LogP contribution in [0.15, 0.2) is 84.0 Å². The van der Waals surface area contributed by atoms with Crippen molar-refractivity contribution < 1.29 is 9.53 Å². The Bertz CT molecular complexity index is 1010. The molecule has 0 unspecified atom stereocenters. The van der Waals surface area contributed by atoms with Crippen LogP contribution in [0.5, 0.6) is 0 Å². The van der Waals surface area contributed by atoms with E-state index in [1.54, 1.807) is 24.3 Å². The highest BCUT2D eigenvalue weighted by atomic mass is 35.5. The minimum Gasteiger partial charge on any atom is -0.488 e. The van der Waals surface area contributed by atoms with Crippen LogP contribution in [0.3, 0.4) is 0 Å². The van der Waals surface area contributed by atoms with Gasteiger partial charge in [0.15, 0.2) is 5.76 Å². The molecule has 3 aromatic rings. The van der Waals surface area contributed by atoms with Crippen molar-refractivity contribution in [3.63, 3.8) is 0 Å². The number of hydrogen-bond donors (Lipinski definition) is 1. The predicted molar refractivity (Wildman–Crippen MR) is 124 cm³/mol. The smallest absolute Gasteiger partial charge is 0.291 e. The summed E-state index contributed by atoms with van der Waals surface area (Å²) in [4.78, 5) is 17.6. The molecule has 0 fully saturated rings. The molecule has 0 aliphatic heterocycles. The minimum atomic E-state index is -0.422. The van der Waals surface area contributed by atoms with Crippen LogP contribution >= 0.6 is 35.0 Å². The number of carbonyl (C=O) groups excluding carboxylic acids is 1. The molecule has 1 amide bonds. The first-order chi connectivity index (χ1) is 14.5. The van der Waals surface area contributed by atoms with Gasteiger partial charge in [-0.15, -0.1) is 11.8 Å². The number of thioether (sulfide) groups is 1. The number of nitrogens with zero attached hydrogens (tertiary/aromatic N) is 1. The average molecular weight is 459 g/mol. The van der Waals surface area contributed by atoms with Crippen molar-refractivity contribution in [2.75, 3.05) is 11.9 Å². The number of ether oxygens (including phenoxy) is 1. The van der Waals surface area contributed by atoms with Gasteiger partial charge in [-0.3, -0.25) is 4.79 Å². The van der Waals surface area contributed by atoms with Gasteiger partial charge in [-0.05, 0) is 29.8 Å². The summed E-state index contributed by atoms with van der Waals surface area (Å²) >= 11 is 13.9. The lowest BCUT2D eigenvalue weighted by Gasteiger charge is -2.10. The molecule has 3 rings (SSSR count). The highest BCUT2D eigenvalue weighted by molar-refractivity contribution is 7.98. The second kappa shape index (κ2) is 11.1. The third-order valence-electron chi connectivity index (χ3n) is 4.09. The number of pyridine rings is 1. The molecule has 0 saturated heterocycles. The van der Waals surface area contributed by atoms with Crippen molar-refractivity contribution in [3.8, 4) is 0 Å². The van der Waals surface area contributed by atoms with E-state index in [1.807, 2.05) is 42.5 Å². The van der Waals surface area contributed by atoms with Crippen LogP contribution in [0.1, 0.15) is 11.3 Å². The van der Waals surface area contributed by atoms with Gasteiger partial charge in [0.05, 0.1) is 22.3 Å². The monoisotopic (exact) mass is 458 g/mol. The Kier molecular flexibility index (Phi) is 8.20. The Labute approximate surface area is 190 Å². The van der Waals surface area contributed by atoms with E-state index in [9.17, 15) is 4.79 Å². The molecule has 0 aliphatic carbocycles. The number of aromatic nitrogens is 1. The summed E-state index contributed by atoms with van der Waals surface area (Å²) in [5.74, 6) is 0.614. The molecule has 0 radical (unpaired) electrons. The first kappa shape index (κ1) is 22.2. The molecule has 0 bridgehead atoms. The molecule has 30 heavy (non-hydrogen) atoms. The number of halogens is 2. The molecule has 1 N–H and O–H groups in total. The maximum Gasteiger partial charge on any atom is 0.291 e. The van der Waals surface area contributed by atoms with Gasteiger partial charge in [0.2, 0.25) is 0 Å². The van der Waals surface area contributed by atoms with Crippen LogP contribution in [-0.2, 0) is 21.7 Å². The number of carbonyl (C=O) groups is 1. The fraction of sp³-hybridized carbons (Fsp3) is 0.130. The van der Waals surface area contributed by atoms with Crippen molar-refractivity contribution in [2.45, 2.75) is 17.1 Å². The Morgan fingerprint density at radius 3 is 2.43 bits per heavy atom. The summed E-state index contributed by atoms with van der Waals surface area (Å²) < 4.78 is 5.47. The second-order valence-corrected chi connectivity index (χ2v) is 8.11. The van der Waals surface area contributed by atoms with Crippen molar-refractivity contribution in [1.29, 1.82) is 0 Å². The normalized spacial score (nSPS) is 10.5. The van der Waals surface area contributed by atoms with Gasteiger partial charge >= 0.3 is 0 Å². The van der Waals surface area contributed by atoms with E-state index in [-0.39, 0.29) is 5.76 Å². The standard InChI is InChI=1S/C23H20Cl2N2O2S/c1-16(29-14-13-17-7-3-2-4-8-17)23(28)27-21-12-5-9-18(26-21)15-30-22-19(24)10-6-11-20(22)25/h2-12H,1,13-15H2,(H,26,27,28). The summed E-state index contributed by atoms with van der Waals surface area (Å²) in [6, 6.07) is 20.7.